The van der Waals surface area contributed by atoms with Gasteiger partial charge in [-0.25, -0.2) is 4.79 Å². The number of fused-ring (bicyclic) bond motifs is 1. The molecule has 0 spiro atoms. The van der Waals surface area contributed by atoms with E-state index in [0.717, 1.165) is 11.1 Å². The summed E-state index contributed by atoms with van der Waals surface area (Å²) in [5, 5.41) is 12.4. The summed E-state index contributed by atoms with van der Waals surface area (Å²) < 4.78 is 0. The molecule has 0 radical (unpaired) electrons. The molecule has 0 saturated heterocycles. The number of carbonyl (C=O) groups is 4. The first-order valence-corrected chi connectivity index (χ1v) is 13.5. The van der Waals surface area contributed by atoms with Gasteiger partial charge in [0.2, 0.25) is 0 Å². The van der Waals surface area contributed by atoms with Crippen molar-refractivity contribution in [3.63, 3.8) is 0 Å². The summed E-state index contributed by atoms with van der Waals surface area (Å²) >= 11 is 13.1. The van der Waals surface area contributed by atoms with Gasteiger partial charge >= 0.3 is 12.0 Å². The van der Waals surface area contributed by atoms with Gasteiger partial charge in [0, 0.05) is 45.2 Å². The quantitative estimate of drug-likeness (QED) is 0.316. The lowest BCUT2D eigenvalue weighted by atomic mass is 9.92. The molecular formula is C30H29Cl2N3O5. The number of halogens is 2. The minimum Gasteiger partial charge on any atom is -0.481 e. The minimum absolute atomic E-state index is 0.00911. The van der Waals surface area contributed by atoms with Gasteiger partial charge in [0.25, 0.3) is 5.91 Å². The van der Waals surface area contributed by atoms with E-state index in [-0.39, 0.29) is 28.1 Å². The second-order valence-electron chi connectivity index (χ2n) is 9.73. The number of Topliss-reactive ketones (excluding diaryl/α,β-unsaturated/α-hetero) is 1. The van der Waals surface area contributed by atoms with Crippen LogP contribution in [0.4, 0.5) is 4.79 Å². The molecule has 0 aliphatic carbocycles. The predicted molar refractivity (Wildman–Crippen MR) is 153 cm³/mol. The Hall–Kier alpha value is -3.88. The van der Waals surface area contributed by atoms with E-state index in [1.165, 1.54) is 11.0 Å². The van der Waals surface area contributed by atoms with E-state index >= 15 is 0 Å². The molecule has 40 heavy (non-hydrogen) atoms. The Labute approximate surface area is 242 Å². The third-order valence-corrected chi connectivity index (χ3v) is 7.57. The van der Waals surface area contributed by atoms with E-state index in [4.69, 9.17) is 23.2 Å². The molecule has 3 aromatic carbocycles. The van der Waals surface area contributed by atoms with Crippen LogP contribution in [0.2, 0.25) is 10.0 Å². The molecule has 0 fully saturated rings. The lowest BCUT2D eigenvalue weighted by molar-refractivity contribution is -0.141. The van der Waals surface area contributed by atoms with E-state index in [2.05, 4.69) is 5.32 Å². The summed E-state index contributed by atoms with van der Waals surface area (Å²) in [5.74, 6) is -3.25. The zero-order valence-electron chi connectivity index (χ0n) is 21.9. The standard InChI is InChI=1S/C30H29Cl2N3O5/c1-34(17-19-8-4-2-5-9-19)30(40)33-16-21(29(38)39)14-25(36)26-24(31)15-23-22(27(26)32)12-13-35(28(23)37)18-20-10-6-3-7-11-20/h2-11,15,21H,12-14,16-18H2,1H3,(H,33,40)(H,38,39). The van der Waals surface area contributed by atoms with Gasteiger partial charge in [-0.1, -0.05) is 83.9 Å². The summed E-state index contributed by atoms with van der Waals surface area (Å²) in [5.41, 5.74) is 2.75. The molecule has 2 N–H and O–H groups in total. The Kier molecular flexibility index (Phi) is 9.45. The number of nitrogens with zero attached hydrogens (tertiary/aromatic N) is 2. The van der Waals surface area contributed by atoms with Gasteiger partial charge < -0.3 is 20.2 Å². The van der Waals surface area contributed by atoms with Crippen LogP contribution in [0.1, 0.15) is 43.8 Å². The number of rotatable bonds is 10. The molecule has 8 nitrogen and oxygen atoms in total. The van der Waals surface area contributed by atoms with E-state index in [9.17, 15) is 24.3 Å². The number of hydrogen-bond donors (Lipinski definition) is 2. The lowest BCUT2D eigenvalue weighted by Crippen LogP contribution is -2.41. The fourth-order valence-corrected chi connectivity index (χ4v) is 5.43. The van der Waals surface area contributed by atoms with Gasteiger partial charge in [0.15, 0.2) is 5.78 Å². The molecule has 10 heteroatoms. The first kappa shape index (κ1) is 29.1. The summed E-state index contributed by atoms with van der Waals surface area (Å²) in [6.07, 6.45) is 0.000667. The number of carbonyl (C=O) groups excluding carboxylic acids is 3. The van der Waals surface area contributed by atoms with Crippen molar-refractivity contribution in [2.75, 3.05) is 20.1 Å². The van der Waals surface area contributed by atoms with Crippen molar-refractivity contribution in [1.29, 1.82) is 0 Å². The highest BCUT2D eigenvalue weighted by molar-refractivity contribution is 6.41. The Balaban J connectivity index is 1.43. The van der Waals surface area contributed by atoms with Crippen molar-refractivity contribution >= 4 is 46.9 Å². The first-order valence-electron chi connectivity index (χ1n) is 12.8. The average molecular weight is 582 g/mol. The molecule has 3 amide bonds. The van der Waals surface area contributed by atoms with Gasteiger partial charge in [-0.2, -0.15) is 0 Å². The number of benzene rings is 3. The first-order chi connectivity index (χ1) is 19.2. The van der Waals surface area contributed by atoms with Crippen LogP contribution in [-0.2, 0) is 24.3 Å². The molecule has 3 aromatic rings. The van der Waals surface area contributed by atoms with Crippen molar-refractivity contribution in [1.82, 2.24) is 15.1 Å². The van der Waals surface area contributed by atoms with Crippen LogP contribution in [0, 0.1) is 5.92 Å². The largest absolute Gasteiger partial charge is 0.481 e. The van der Waals surface area contributed by atoms with Crippen molar-refractivity contribution in [2.24, 2.45) is 5.92 Å². The Morgan fingerprint density at radius 1 is 1.02 bits per heavy atom. The highest BCUT2D eigenvalue weighted by Crippen LogP contribution is 2.36. The van der Waals surface area contributed by atoms with Crippen LogP contribution in [-0.4, -0.2) is 58.7 Å². The Morgan fingerprint density at radius 2 is 1.65 bits per heavy atom. The number of hydrogen-bond acceptors (Lipinski definition) is 4. The fourth-order valence-electron chi connectivity index (χ4n) is 4.67. The van der Waals surface area contributed by atoms with Gasteiger partial charge in [-0.05, 0) is 29.2 Å². The molecule has 208 valence electrons. The van der Waals surface area contributed by atoms with Gasteiger partial charge in [-0.3, -0.25) is 14.4 Å². The normalized spacial score (nSPS) is 13.4. The number of aliphatic carboxylic acids is 1. The second-order valence-corrected chi connectivity index (χ2v) is 10.5. The molecule has 1 heterocycles. The third kappa shape index (κ3) is 6.81. The molecule has 1 aliphatic rings. The molecule has 4 rings (SSSR count). The van der Waals surface area contributed by atoms with E-state index in [1.807, 2.05) is 60.7 Å². The van der Waals surface area contributed by atoms with Gasteiger partial charge in [-0.15, -0.1) is 0 Å². The topological polar surface area (TPSA) is 107 Å². The zero-order chi connectivity index (χ0) is 28.8. The fraction of sp³-hybridized carbons (Fsp3) is 0.267. The third-order valence-electron chi connectivity index (χ3n) is 6.85. The molecule has 0 saturated carbocycles. The van der Waals surface area contributed by atoms with Crippen LogP contribution in [0.5, 0.6) is 0 Å². The van der Waals surface area contributed by atoms with E-state index in [0.29, 0.717) is 37.2 Å². The molecule has 0 aromatic heterocycles. The van der Waals surface area contributed by atoms with E-state index < -0.39 is 30.1 Å². The maximum Gasteiger partial charge on any atom is 0.317 e. The zero-order valence-corrected chi connectivity index (χ0v) is 23.4. The van der Waals surface area contributed by atoms with Gasteiger partial charge in [0.05, 0.1) is 21.5 Å². The summed E-state index contributed by atoms with van der Waals surface area (Å²) in [6, 6.07) is 19.9. The predicted octanol–water partition coefficient (Wildman–Crippen LogP) is 5.31. The van der Waals surface area contributed by atoms with Crippen molar-refractivity contribution in [2.45, 2.75) is 25.9 Å². The monoisotopic (exact) mass is 581 g/mol. The lowest BCUT2D eigenvalue weighted by Gasteiger charge is -2.30. The molecule has 1 unspecified atom stereocenters. The van der Waals surface area contributed by atoms with Crippen LogP contribution < -0.4 is 5.32 Å². The summed E-state index contributed by atoms with van der Waals surface area (Å²) in [6.45, 7) is 0.925. The molecule has 0 bridgehead atoms. The average Bonchev–Trinajstić information content (AvgIpc) is 2.93. The Bertz CT molecular complexity index is 1420. The number of carboxylic acids is 1. The maximum atomic E-state index is 13.2. The SMILES string of the molecule is CN(Cc1ccccc1)C(=O)NCC(CC(=O)c1c(Cl)cc2c(c1Cl)CCN(Cc1ccccc1)C2=O)C(=O)O. The second kappa shape index (κ2) is 13.0. The van der Waals surface area contributed by atoms with Crippen LogP contribution >= 0.6 is 23.2 Å². The van der Waals surface area contributed by atoms with E-state index in [1.54, 1.807) is 11.9 Å². The molecule has 1 aliphatic heterocycles. The van der Waals surface area contributed by atoms with Crippen LogP contribution in [0.25, 0.3) is 0 Å². The van der Waals surface area contributed by atoms with Crippen molar-refractivity contribution in [3.8, 4) is 0 Å². The summed E-state index contributed by atoms with van der Waals surface area (Å²) in [4.78, 5) is 54.0. The number of nitrogens with one attached hydrogen (secondary N) is 1. The number of ketones is 1. The smallest absolute Gasteiger partial charge is 0.317 e. The Morgan fingerprint density at radius 3 is 2.27 bits per heavy atom. The molecule has 1 atom stereocenters. The molecular weight excluding hydrogens is 553 g/mol. The number of carboxylic acid groups (broad SMARTS) is 1. The highest BCUT2D eigenvalue weighted by atomic mass is 35.5. The maximum absolute atomic E-state index is 13.2. The van der Waals surface area contributed by atoms with Crippen molar-refractivity contribution < 1.29 is 24.3 Å². The minimum atomic E-state index is -1.24. The van der Waals surface area contributed by atoms with Crippen LogP contribution in [0.15, 0.2) is 66.7 Å². The summed E-state index contributed by atoms with van der Waals surface area (Å²) in [7, 11) is 1.60. The highest BCUT2D eigenvalue weighted by Gasteiger charge is 2.32. The van der Waals surface area contributed by atoms with Crippen LogP contribution in [0.3, 0.4) is 0 Å². The number of urea groups is 1. The van der Waals surface area contributed by atoms with Crippen molar-refractivity contribution in [3.05, 3.63) is 105 Å². The van der Waals surface area contributed by atoms with Gasteiger partial charge in [0.1, 0.15) is 0 Å². The number of amides is 3.